The van der Waals surface area contributed by atoms with E-state index >= 15 is 0 Å². The molecule has 0 bridgehead atoms. The van der Waals surface area contributed by atoms with Gasteiger partial charge in [0.25, 0.3) is 0 Å². The number of ether oxygens (including phenoxy) is 1. The van der Waals surface area contributed by atoms with Crippen molar-refractivity contribution in [1.82, 2.24) is 15.3 Å². The van der Waals surface area contributed by atoms with Gasteiger partial charge in [-0.25, -0.2) is 4.98 Å². The minimum atomic E-state index is 0.585. The fourth-order valence-electron chi connectivity index (χ4n) is 2.14. The third kappa shape index (κ3) is 2.60. The number of rotatable bonds is 4. The molecular weight excluding hydrogens is 250 g/mol. The highest BCUT2D eigenvalue weighted by Gasteiger charge is 2.06. The molecule has 0 spiro atoms. The first-order valence-corrected chi connectivity index (χ1v) is 6.48. The Balaban J connectivity index is 2.03. The van der Waals surface area contributed by atoms with E-state index in [1.165, 1.54) is 0 Å². The van der Waals surface area contributed by atoms with E-state index in [2.05, 4.69) is 21.4 Å². The van der Waals surface area contributed by atoms with E-state index in [9.17, 15) is 0 Å². The summed E-state index contributed by atoms with van der Waals surface area (Å²) in [6.07, 6.45) is 3.39. The fourth-order valence-corrected chi connectivity index (χ4v) is 2.14. The highest BCUT2D eigenvalue weighted by molar-refractivity contribution is 5.82. The van der Waals surface area contributed by atoms with Crippen LogP contribution in [0.3, 0.4) is 0 Å². The Morgan fingerprint density at radius 2 is 2.05 bits per heavy atom. The smallest absolute Gasteiger partial charge is 0.220 e. The van der Waals surface area contributed by atoms with Crippen LogP contribution in [0.1, 0.15) is 5.56 Å². The summed E-state index contributed by atoms with van der Waals surface area (Å²) in [5, 5.41) is 4.31. The molecule has 0 saturated carbocycles. The van der Waals surface area contributed by atoms with Crippen molar-refractivity contribution in [2.24, 2.45) is 0 Å². The van der Waals surface area contributed by atoms with Gasteiger partial charge < -0.3 is 10.1 Å². The van der Waals surface area contributed by atoms with Gasteiger partial charge in [-0.1, -0.05) is 18.2 Å². The monoisotopic (exact) mass is 265 g/mol. The zero-order valence-corrected chi connectivity index (χ0v) is 11.2. The molecule has 4 heteroatoms. The van der Waals surface area contributed by atoms with Gasteiger partial charge in [-0.15, -0.1) is 0 Å². The van der Waals surface area contributed by atoms with Crippen LogP contribution in [0.25, 0.3) is 10.9 Å². The van der Waals surface area contributed by atoms with Crippen molar-refractivity contribution in [2.45, 2.75) is 6.54 Å². The number of hydrogen-bond acceptors (Lipinski definition) is 4. The van der Waals surface area contributed by atoms with Gasteiger partial charge >= 0.3 is 0 Å². The van der Waals surface area contributed by atoms with Crippen LogP contribution >= 0.6 is 0 Å². The molecule has 2 aromatic heterocycles. The van der Waals surface area contributed by atoms with E-state index in [4.69, 9.17) is 4.74 Å². The van der Waals surface area contributed by atoms with Gasteiger partial charge in [0.15, 0.2) is 0 Å². The molecule has 0 aliphatic heterocycles. The van der Waals surface area contributed by atoms with Gasteiger partial charge in [-0.05, 0) is 30.8 Å². The zero-order valence-electron chi connectivity index (χ0n) is 11.2. The highest BCUT2D eigenvalue weighted by Crippen LogP contribution is 2.25. The number of para-hydroxylation sites is 1. The maximum atomic E-state index is 5.77. The number of aromatic nitrogens is 2. The first-order chi connectivity index (χ1) is 9.86. The van der Waals surface area contributed by atoms with Gasteiger partial charge in [0.05, 0.1) is 11.7 Å². The van der Waals surface area contributed by atoms with E-state index in [1.54, 1.807) is 12.4 Å². The van der Waals surface area contributed by atoms with Gasteiger partial charge in [-0.2, -0.15) is 0 Å². The van der Waals surface area contributed by atoms with Crippen LogP contribution in [0.2, 0.25) is 0 Å². The van der Waals surface area contributed by atoms with E-state index in [0.29, 0.717) is 11.6 Å². The third-order valence-corrected chi connectivity index (χ3v) is 3.00. The molecule has 0 radical (unpaired) electrons. The van der Waals surface area contributed by atoms with Crippen LogP contribution in [0.15, 0.2) is 54.9 Å². The Bertz CT molecular complexity index is 713. The summed E-state index contributed by atoms with van der Waals surface area (Å²) in [5.74, 6) is 1.27. The summed E-state index contributed by atoms with van der Waals surface area (Å²) in [4.78, 5) is 8.57. The lowest BCUT2D eigenvalue weighted by Crippen LogP contribution is -2.06. The summed E-state index contributed by atoms with van der Waals surface area (Å²) in [5.41, 5.74) is 2.09. The normalized spacial score (nSPS) is 10.7. The van der Waals surface area contributed by atoms with Crippen molar-refractivity contribution < 1.29 is 4.74 Å². The Labute approximate surface area is 117 Å². The average molecular weight is 265 g/mol. The molecular formula is C16H15N3O. The maximum absolute atomic E-state index is 5.77. The predicted molar refractivity (Wildman–Crippen MR) is 78.8 cm³/mol. The number of fused-ring (bicyclic) bond motifs is 1. The van der Waals surface area contributed by atoms with Crippen LogP contribution in [0.4, 0.5) is 0 Å². The van der Waals surface area contributed by atoms with Crippen LogP contribution in [-0.2, 0) is 6.54 Å². The predicted octanol–water partition coefficient (Wildman–Crippen LogP) is 3.14. The van der Waals surface area contributed by atoms with Crippen molar-refractivity contribution in [1.29, 1.82) is 0 Å². The summed E-state index contributed by atoms with van der Waals surface area (Å²) in [6, 6.07) is 13.7. The Morgan fingerprint density at radius 3 is 2.85 bits per heavy atom. The van der Waals surface area contributed by atoms with Gasteiger partial charge in [-0.3, -0.25) is 4.98 Å². The SMILES string of the molecule is CNCc1cc(Oc2cccnc2)nc2ccccc12. The lowest BCUT2D eigenvalue weighted by molar-refractivity contribution is 0.462. The number of nitrogens with zero attached hydrogens (tertiary/aromatic N) is 2. The molecule has 0 amide bonds. The largest absolute Gasteiger partial charge is 0.437 e. The van der Waals surface area contributed by atoms with E-state index in [0.717, 1.165) is 23.0 Å². The zero-order chi connectivity index (χ0) is 13.8. The second kappa shape index (κ2) is 5.67. The molecule has 1 N–H and O–H groups in total. The number of benzene rings is 1. The molecule has 0 aliphatic rings. The van der Waals surface area contributed by atoms with E-state index in [-0.39, 0.29) is 0 Å². The first kappa shape index (κ1) is 12.6. The Kier molecular flexibility index (Phi) is 3.56. The minimum Gasteiger partial charge on any atom is -0.437 e. The summed E-state index contributed by atoms with van der Waals surface area (Å²) in [7, 11) is 1.93. The minimum absolute atomic E-state index is 0.585. The quantitative estimate of drug-likeness (QED) is 0.787. The topological polar surface area (TPSA) is 47.0 Å². The highest BCUT2D eigenvalue weighted by atomic mass is 16.5. The van der Waals surface area contributed by atoms with Crippen molar-refractivity contribution in [3.8, 4) is 11.6 Å². The number of nitrogens with one attached hydrogen (secondary N) is 1. The molecule has 0 fully saturated rings. The second-order valence-electron chi connectivity index (χ2n) is 4.46. The lowest BCUT2D eigenvalue weighted by Gasteiger charge is -2.10. The molecule has 3 aromatic rings. The van der Waals surface area contributed by atoms with E-state index < -0.39 is 0 Å². The molecule has 2 heterocycles. The molecule has 100 valence electrons. The number of pyridine rings is 2. The lowest BCUT2D eigenvalue weighted by atomic mass is 10.1. The standard InChI is InChI=1S/C16H15N3O/c1-17-10-12-9-16(20-13-5-4-8-18-11-13)19-15-7-3-2-6-14(12)15/h2-9,11,17H,10H2,1H3. The molecule has 4 nitrogen and oxygen atoms in total. The molecule has 0 aliphatic carbocycles. The Morgan fingerprint density at radius 1 is 1.15 bits per heavy atom. The molecule has 0 unspecified atom stereocenters. The summed E-state index contributed by atoms with van der Waals surface area (Å²) >= 11 is 0. The summed E-state index contributed by atoms with van der Waals surface area (Å²) < 4.78 is 5.77. The van der Waals surface area contributed by atoms with Gasteiger partial charge in [0.2, 0.25) is 5.88 Å². The number of hydrogen-bond donors (Lipinski definition) is 1. The fraction of sp³-hybridized carbons (Fsp3) is 0.125. The molecule has 0 saturated heterocycles. The van der Waals surface area contributed by atoms with Crippen molar-refractivity contribution in [2.75, 3.05) is 7.05 Å². The second-order valence-corrected chi connectivity index (χ2v) is 4.46. The van der Waals surface area contributed by atoms with Crippen LogP contribution in [0, 0.1) is 0 Å². The maximum Gasteiger partial charge on any atom is 0.220 e. The van der Waals surface area contributed by atoms with Gasteiger partial charge in [0, 0.05) is 24.2 Å². The average Bonchev–Trinajstić information content (AvgIpc) is 2.49. The van der Waals surface area contributed by atoms with Crippen LogP contribution < -0.4 is 10.1 Å². The van der Waals surface area contributed by atoms with Crippen molar-refractivity contribution in [3.63, 3.8) is 0 Å². The molecule has 0 atom stereocenters. The van der Waals surface area contributed by atoms with Crippen molar-refractivity contribution in [3.05, 3.63) is 60.4 Å². The van der Waals surface area contributed by atoms with E-state index in [1.807, 2.05) is 43.4 Å². The third-order valence-electron chi connectivity index (χ3n) is 3.00. The van der Waals surface area contributed by atoms with Gasteiger partial charge in [0.1, 0.15) is 5.75 Å². The molecule has 20 heavy (non-hydrogen) atoms. The summed E-state index contributed by atoms with van der Waals surface area (Å²) in [6.45, 7) is 0.770. The van der Waals surface area contributed by atoms with Crippen LogP contribution in [0.5, 0.6) is 11.6 Å². The van der Waals surface area contributed by atoms with Crippen molar-refractivity contribution >= 4 is 10.9 Å². The molecule has 1 aromatic carbocycles. The van der Waals surface area contributed by atoms with Crippen LogP contribution in [-0.4, -0.2) is 17.0 Å². The first-order valence-electron chi connectivity index (χ1n) is 6.48. The molecule has 3 rings (SSSR count). The Hall–Kier alpha value is -2.46.